The summed E-state index contributed by atoms with van der Waals surface area (Å²) < 4.78 is 5.95. The van der Waals surface area contributed by atoms with Gasteiger partial charge in [0.15, 0.2) is 0 Å². The van der Waals surface area contributed by atoms with Crippen LogP contribution in [0.25, 0.3) is 0 Å². The molecule has 0 radical (unpaired) electrons. The highest BCUT2D eigenvalue weighted by atomic mass is 16.5. The Labute approximate surface area is 138 Å². The first-order chi connectivity index (χ1) is 11.1. The molecule has 2 unspecified atom stereocenters. The van der Waals surface area contributed by atoms with Crippen molar-refractivity contribution in [2.24, 2.45) is 5.92 Å². The molecule has 0 saturated heterocycles. The van der Waals surface area contributed by atoms with Crippen LogP contribution in [-0.2, 0) is 6.54 Å². The molecule has 0 bridgehead atoms. The lowest BCUT2D eigenvalue weighted by Crippen LogP contribution is -2.41. The van der Waals surface area contributed by atoms with Crippen LogP contribution in [0.15, 0.2) is 24.3 Å². The molecule has 1 aliphatic rings. The average Bonchev–Trinajstić information content (AvgIpc) is 2.54. The van der Waals surface area contributed by atoms with Gasteiger partial charge in [0, 0.05) is 18.7 Å². The molecule has 0 aliphatic heterocycles. The van der Waals surface area contributed by atoms with Gasteiger partial charge in [-0.3, -0.25) is 0 Å². The van der Waals surface area contributed by atoms with Crippen molar-refractivity contribution in [3.63, 3.8) is 0 Å². The lowest BCUT2D eigenvalue weighted by atomic mass is 9.96. The molecule has 1 fully saturated rings. The van der Waals surface area contributed by atoms with Gasteiger partial charge < -0.3 is 20.5 Å². The number of nitrogens with one attached hydrogen (secondary N) is 2. The maximum absolute atomic E-state index is 11.9. The first-order valence-corrected chi connectivity index (χ1v) is 8.54. The first kappa shape index (κ1) is 17.6. The Hall–Kier alpha value is -1.75. The zero-order valence-corrected chi connectivity index (χ0v) is 14.0. The first-order valence-electron chi connectivity index (χ1n) is 8.54. The second kappa shape index (κ2) is 8.77. The molecule has 1 saturated carbocycles. The quantitative estimate of drug-likeness (QED) is 0.690. The highest BCUT2D eigenvalue weighted by Gasteiger charge is 2.20. The monoisotopic (exact) mass is 320 g/mol. The summed E-state index contributed by atoms with van der Waals surface area (Å²) >= 11 is 0. The molecular weight excluding hydrogens is 292 g/mol. The Morgan fingerprint density at radius 1 is 1.35 bits per heavy atom. The number of carbonyl (C=O) groups is 1. The molecule has 5 heteroatoms. The smallest absolute Gasteiger partial charge is 0.315 e. The van der Waals surface area contributed by atoms with E-state index in [1.807, 2.05) is 38.1 Å². The zero-order valence-electron chi connectivity index (χ0n) is 14.0. The summed E-state index contributed by atoms with van der Waals surface area (Å²) in [6.45, 7) is 4.67. The number of aliphatic hydroxyl groups excluding tert-OH is 1. The van der Waals surface area contributed by atoms with Gasteiger partial charge >= 0.3 is 6.03 Å². The van der Waals surface area contributed by atoms with E-state index in [1.54, 1.807) is 0 Å². The van der Waals surface area contributed by atoms with Crippen LogP contribution in [0.5, 0.6) is 5.75 Å². The Morgan fingerprint density at radius 3 is 2.74 bits per heavy atom. The van der Waals surface area contributed by atoms with E-state index in [4.69, 9.17) is 4.74 Å². The van der Waals surface area contributed by atoms with Crippen molar-refractivity contribution < 1.29 is 14.6 Å². The molecule has 1 aliphatic carbocycles. The van der Waals surface area contributed by atoms with E-state index >= 15 is 0 Å². The second-order valence-corrected chi connectivity index (χ2v) is 6.29. The number of ether oxygens (including phenoxy) is 1. The Bertz CT molecular complexity index is 503. The molecule has 0 aromatic heterocycles. The third kappa shape index (κ3) is 5.43. The summed E-state index contributed by atoms with van der Waals surface area (Å²) in [5.41, 5.74) is 0.969. The molecular formula is C18H28N2O3. The number of aliphatic hydroxyl groups is 1. The van der Waals surface area contributed by atoms with Crippen molar-refractivity contribution in [1.29, 1.82) is 0 Å². The van der Waals surface area contributed by atoms with E-state index in [-0.39, 0.29) is 18.5 Å². The molecule has 2 rings (SSSR count). The van der Waals surface area contributed by atoms with Gasteiger partial charge in [0.2, 0.25) is 0 Å². The molecule has 1 aromatic rings. The maximum atomic E-state index is 11.9. The number of carbonyl (C=O) groups excluding carboxylic acids is 1. The van der Waals surface area contributed by atoms with Gasteiger partial charge in [-0.25, -0.2) is 4.79 Å². The lowest BCUT2D eigenvalue weighted by Gasteiger charge is -2.27. The van der Waals surface area contributed by atoms with Crippen LogP contribution < -0.4 is 15.4 Å². The SMILES string of the molecule is CCC(C)C(O)CNC(=O)NCc1ccccc1OC1CCC1. The van der Waals surface area contributed by atoms with Gasteiger partial charge in [-0.05, 0) is 31.2 Å². The number of hydrogen-bond donors (Lipinski definition) is 3. The number of hydrogen-bond acceptors (Lipinski definition) is 3. The summed E-state index contributed by atoms with van der Waals surface area (Å²) in [6, 6.07) is 7.52. The van der Waals surface area contributed by atoms with E-state index in [1.165, 1.54) is 6.42 Å². The van der Waals surface area contributed by atoms with Crippen LogP contribution in [0.1, 0.15) is 45.1 Å². The van der Waals surface area contributed by atoms with E-state index in [0.717, 1.165) is 30.6 Å². The van der Waals surface area contributed by atoms with Crippen LogP contribution in [0.2, 0.25) is 0 Å². The molecule has 3 N–H and O–H groups in total. The van der Waals surface area contributed by atoms with E-state index in [2.05, 4.69) is 10.6 Å². The minimum Gasteiger partial charge on any atom is -0.490 e. The number of urea groups is 1. The van der Waals surface area contributed by atoms with Crippen LogP contribution in [0.4, 0.5) is 4.79 Å². The van der Waals surface area contributed by atoms with Crippen molar-refractivity contribution in [2.45, 2.75) is 58.3 Å². The molecule has 1 aromatic carbocycles. The highest BCUT2D eigenvalue weighted by Crippen LogP contribution is 2.27. The number of benzene rings is 1. The molecule has 2 atom stereocenters. The lowest BCUT2D eigenvalue weighted by molar-refractivity contribution is 0.114. The van der Waals surface area contributed by atoms with Crippen molar-refractivity contribution in [3.8, 4) is 5.75 Å². The summed E-state index contributed by atoms with van der Waals surface area (Å²) in [5.74, 6) is 1.02. The molecule has 5 nitrogen and oxygen atoms in total. The van der Waals surface area contributed by atoms with Gasteiger partial charge in [0.05, 0.1) is 12.2 Å². The van der Waals surface area contributed by atoms with Gasteiger partial charge in [-0.2, -0.15) is 0 Å². The fraction of sp³-hybridized carbons (Fsp3) is 0.611. The van der Waals surface area contributed by atoms with E-state index in [0.29, 0.717) is 12.6 Å². The summed E-state index contributed by atoms with van der Waals surface area (Å²) in [7, 11) is 0. The zero-order chi connectivity index (χ0) is 16.7. The Kier molecular flexibility index (Phi) is 6.71. The van der Waals surface area contributed by atoms with E-state index < -0.39 is 6.10 Å². The predicted octanol–water partition coefficient (Wildman–Crippen LogP) is 2.82. The standard InChI is InChI=1S/C18H28N2O3/c1-3-13(2)16(21)12-20-18(22)19-11-14-7-4-5-10-17(14)23-15-8-6-9-15/h4-5,7,10,13,15-16,21H,3,6,8-9,11-12H2,1-2H3,(H2,19,20,22). The van der Waals surface area contributed by atoms with Crippen LogP contribution in [0, 0.1) is 5.92 Å². The summed E-state index contributed by atoms with van der Waals surface area (Å²) in [4.78, 5) is 11.9. The molecule has 2 amide bonds. The van der Waals surface area contributed by atoms with Crippen LogP contribution in [-0.4, -0.2) is 29.9 Å². The van der Waals surface area contributed by atoms with E-state index in [9.17, 15) is 9.90 Å². The van der Waals surface area contributed by atoms with Gasteiger partial charge in [0.1, 0.15) is 5.75 Å². The highest BCUT2D eigenvalue weighted by molar-refractivity contribution is 5.73. The summed E-state index contributed by atoms with van der Waals surface area (Å²) in [5, 5.41) is 15.4. The second-order valence-electron chi connectivity index (χ2n) is 6.29. The Balaban J connectivity index is 1.77. The van der Waals surface area contributed by atoms with Crippen molar-refractivity contribution in [3.05, 3.63) is 29.8 Å². The largest absolute Gasteiger partial charge is 0.490 e. The van der Waals surface area contributed by atoms with Crippen LogP contribution in [0.3, 0.4) is 0 Å². The molecule has 128 valence electrons. The number of para-hydroxylation sites is 1. The van der Waals surface area contributed by atoms with Crippen LogP contribution >= 0.6 is 0 Å². The molecule has 0 spiro atoms. The summed E-state index contributed by atoms with van der Waals surface area (Å²) in [6.07, 6.45) is 4.13. The van der Waals surface area contributed by atoms with Crippen molar-refractivity contribution in [2.75, 3.05) is 6.54 Å². The van der Waals surface area contributed by atoms with Gasteiger partial charge in [-0.1, -0.05) is 38.5 Å². The fourth-order valence-corrected chi connectivity index (χ4v) is 2.34. The number of rotatable bonds is 8. The molecule has 23 heavy (non-hydrogen) atoms. The third-order valence-corrected chi connectivity index (χ3v) is 4.53. The van der Waals surface area contributed by atoms with Gasteiger partial charge in [0.25, 0.3) is 0 Å². The van der Waals surface area contributed by atoms with Crippen molar-refractivity contribution >= 4 is 6.03 Å². The molecule has 0 heterocycles. The predicted molar refractivity (Wildman–Crippen MR) is 90.4 cm³/mol. The minimum atomic E-state index is -0.514. The number of amides is 2. The third-order valence-electron chi connectivity index (χ3n) is 4.53. The maximum Gasteiger partial charge on any atom is 0.315 e. The topological polar surface area (TPSA) is 70.6 Å². The fourth-order valence-electron chi connectivity index (χ4n) is 2.34. The Morgan fingerprint density at radius 2 is 2.09 bits per heavy atom. The minimum absolute atomic E-state index is 0.173. The van der Waals surface area contributed by atoms with Gasteiger partial charge in [-0.15, -0.1) is 0 Å². The normalized spacial score (nSPS) is 17.0. The average molecular weight is 320 g/mol. The van der Waals surface area contributed by atoms with Crippen molar-refractivity contribution in [1.82, 2.24) is 10.6 Å².